The van der Waals surface area contributed by atoms with Crippen molar-refractivity contribution in [2.45, 2.75) is 33.4 Å². The number of amides is 1. The molecule has 1 aliphatic heterocycles. The van der Waals surface area contributed by atoms with E-state index in [0.29, 0.717) is 36.0 Å². The number of carbonyl (C=O) groups excluding carboxylic acids is 1. The highest BCUT2D eigenvalue weighted by molar-refractivity contribution is 5.94. The maximum absolute atomic E-state index is 14.7. The lowest BCUT2D eigenvalue weighted by atomic mass is 10.1. The van der Waals surface area contributed by atoms with Crippen LogP contribution in [0, 0.1) is 24.5 Å². The number of hydrogen-bond acceptors (Lipinski definition) is 4. The van der Waals surface area contributed by atoms with Crippen LogP contribution in [0.5, 0.6) is 11.6 Å². The second kappa shape index (κ2) is 7.81. The molecule has 3 heterocycles. The van der Waals surface area contributed by atoms with Gasteiger partial charge in [0.2, 0.25) is 11.7 Å². The summed E-state index contributed by atoms with van der Waals surface area (Å²) in [6.45, 7) is 4.82. The highest BCUT2D eigenvalue weighted by Gasteiger charge is 2.32. The first-order valence-electron chi connectivity index (χ1n) is 9.55. The molecule has 0 unspecified atom stereocenters. The number of ether oxygens (including phenoxy) is 1. The number of rotatable bonds is 6. The highest BCUT2D eigenvalue weighted by atomic mass is 19.2. The normalized spacial score (nSPS) is 13.1. The molecule has 0 radical (unpaired) electrons. The minimum atomic E-state index is -1.33. The number of pyridine rings is 1. The number of carbonyl (C=O) groups is 1. The third-order valence-corrected chi connectivity index (χ3v) is 4.91. The van der Waals surface area contributed by atoms with Gasteiger partial charge >= 0.3 is 0 Å². The summed E-state index contributed by atoms with van der Waals surface area (Å²) in [7, 11) is 0. The standard InChI is InChI=1S/C21H19F3N4O2/c1-3-4-9-27-11-28-18(12(2)25-20(28)21(27)29)13-5-7-16(15(23)10-13)30-17-8-6-14(22)19(24)26-17/h5-8,10H,3-4,9,11H2,1-2H3. The van der Waals surface area contributed by atoms with E-state index >= 15 is 0 Å². The van der Waals surface area contributed by atoms with Crippen molar-refractivity contribution in [1.82, 2.24) is 19.4 Å². The Labute approximate surface area is 170 Å². The van der Waals surface area contributed by atoms with Crippen molar-refractivity contribution in [3.05, 3.63) is 59.4 Å². The average Bonchev–Trinajstić information content (AvgIpc) is 3.19. The van der Waals surface area contributed by atoms with Crippen molar-refractivity contribution >= 4 is 5.91 Å². The fourth-order valence-corrected chi connectivity index (χ4v) is 3.44. The fourth-order valence-electron chi connectivity index (χ4n) is 3.44. The molecule has 1 aliphatic rings. The zero-order chi connectivity index (χ0) is 21.4. The van der Waals surface area contributed by atoms with Gasteiger partial charge < -0.3 is 14.2 Å². The number of imidazole rings is 1. The van der Waals surface area contributed by atoms with Gasteiger partial charge in [-0.3, -0.25) is 4.79 Å². The number of aryl methyl sites for hydroxylation is 1. The van der Waals surface area contributed by atoms with Gasteiger partial charge in [-0.05, 0) is 37.6 Å². The van der Waals surface area contributed by atoms with Crippen molar-refractivity contribution < 1.29 is 22.7 Å². The summed E-state index contributed by atoms with van der Waals surface area (Å²) in [6, 6.07) is 6.21. The summed E-state index contributed by atoms with van der Waals surface area (Å²) in [5.74, 6) is -3.40. The number of nitrogens with zero attached hydrogens (tertiary/aromatic N) is 4. The van der Waals surface area contributed by atoms with Gasteiger partial charge in [-0.2, -0.15) is 9.37 Å². The molecule has 6 nitrogen and oxygen atoms in total. The fraction of sp³-hybridized carbons (Fsp3) is 0.286. The molecule has 0 aliphatic carbocycles. The van der Waals surface area contributed by atoms with Gasteiger partial charge in [-0.1, -0.05) is 13.3 Å². The lowest BCUT2D eigenvalue weighted by Crippen LogP contribution is -2.26. The molecule has 0 bridgehead atoms. The molecule has 0 atom stereocenters. The lowest BCUT2D eigenvalue weighted by molar-refractivity contribution is 0.0763. The second-order valence-corrected chi connectivity index (χ2v) is 7.03. The predicted molar refractivity (Wildman–Crippen MR) is 103 cm³/mol. The Hall–Kier alpha value is -3.36. The Morgan fingerprint density at radius 1 is 1.10 bits per heavy atom. The lowest BCUT2D eigenvalue weighted by Gasteiger charge is -2.16. The van der Waals surface area contributed by atoms with E-state index in [1.165, 1.54) is 12.1 Å². The van der Waals surface area contributed by atoms with E-state index in [2.05, 4.69) is 16.9 Å². The van der Waals surface area contributed by atoms with Crippen LogP contribution in [-0.4, -0.2) is 31.9 Å². The van der Waals surface area contributed by atoms with E-state index < -0.39 is 17.6 Å². The van der Waals surface area contributed by atoms with Gasteiger partial charge in [0.05, 0.1) is 18.1 Å². The zero-order valence-corrected chi connectivity index (χ0v) is 16.5. The van der Waals surface area contributed by atoms with Crippen LogP contribution >= 0.6 is 0 Å². The van der Waals surface area contributed by atoms with Crippen molar-refractivity contribution in [3.8, 4) is 22.9 Å². The van der Waals surface area contributed by atoms with Crippen molar-refractivity contribution in [2.24, 2.45) is 0 Å². The third kappa shape index (κ3) is 3.51. The van der Waals surface area contributed by atoms with Crippen LogP contribution in [0.3, 0.4) is 0 Å². The topological polar surface area (TPSA) is 60.3 Å². The summed E-state index contributed by atoms with van der Waals surface area (Å²) < 4.78 is 47.9. The van der Waals surface area contributed by atoms with E-state index in [1.54, 1.807) is 22.5 Å². The Bertz CT molecular complexity index is 1130. The zero-order valence-electron chi connectivity index (χ0n) is 16.5. The maximum atomic E-state index is 14.7. The Morgan fingerprint density at radius 2 is 1.90 bits per heavy atom. The van der Waals surface area contributed by atoms with Gasteiger partial charge in [-0.25, -0.2) is 13.8 Å². The summed E-state index contributed by atoms with van der Waals surface area (Å²) in [6.07, 6.45) is 1.86. The molecule has 1 aromatic carbocycles. The first kappa shape index (κ1) is 19.9. The predicted octanol–water partition coefficient (Wildman–Crippen LogP) is 4.68. The van der Waals surface area contributed by atoms with Crippen LogP contribution in [-0.2, 0) is 6.67 Å². The Morgan fingerprint density at radius 3 is 2.60 bits per heavy atom. The number of fused-ring (bicyclic) bond motifs is 1. The molecule has 0 saturated heterocycles. The summed E-state index contributed by atoms with van der Waals surface area (Å²) >= 11 is 0. The summed E-state index contributed by atoms with van der Waals surface area (Å²) in [4.78, 5) is 22.0. The van der Waals surface area contributed by atoms with Crippen LogP contribution in [0.4, 0.5) is 13.2 Å². The van der Waals surface area contributed by atoms with E-state index in [-0.39, 0.29) is 17.5 Å². The number of hydrogen-bond donors (Lipinski definition) is 0. The molecule has 0 fully saturated rings. The van der Waals surface area contributed by atoms with Gasteiger partial charge in [0.25, 0.3) is 11.9 Å². The Balaban J connectivity index is 1.62. The molecule has 156 valence electrons. The molecular weight excluding hydrogens is 397 g/mol. The van der Waals surface area contributed by atoms with Crippen LogP contribution in [0.2, 0.25) is 0 Å². The highest BCUT2D eigenvalue weighted by Crippen LogP contribution is 2.33. The number of aromatic nitrogens is 3. The Kier molecular flexibility index (Phi) is 5.19. The largest absolute Gasteiger partial charge is 0.436 e. The molecule has 30 heavy (non-hydrogen) atoms. The molecule has 2 aromatic heterocycles. The maximum Gasteiger partial charge on any atom is 0.291 e. The van der Waals surface area contributed by atoms with Crippen LogP contribution in [0.1, 0.15) is 36.1 Å². The molecular formula is C21H19F3N4O2. The number of unbranched alkanes of at least 4 members (excludes halogenated alkanes) is 1. The van der Waals surface area contributed by atoms with Crippen molar-refractivity contribution in [3.63, 3.8) is 0 Å². The van der Waals surface area contributed by atoms with E-state index in [1.807, 2.05) is 0 Å². The van der Waals surface area contributed by atoms with Crippen molar-refractivity contribution in [1.29, 1.82) is 0 Å². The summed E-state index contributed by atoms with van der Waals surface area (Å²) in [5, 5.41) is 0. The van der Waals surface area contributed by atoms with Gasteiger partial charge in [0.15, 0.2) is 17.4 Å². The monoisotopic (exact) mass is 416 g/mol. The molecule has 1 amide bonds. The van der Waals surface area contributed by atoms with Gasteiger partial charge in [0.1, 0.15) is 0 Å². The molecule has 4 rings (SSSR count). The number of benzene rings is 1. The van der Waals surface area contributed by atoms with E-state index in [0.717, 1.165) is 25.0 Å². The quantitative estimate of drug-likeness (QED) is 0.548. The molecule has 3 aromatic rings. The van der Waals surface area contributed by atoms with Crippen LogP contribution in [0.15, 0.2) is 30.3 Å². The van der Waals surface area contributed by atoms with Gasteiger partial charge in [0, 0.05) is 18.2 Å². The average molecular weight is 416 g/mol. The minimum Gasteiger partial charge on any atom is -0.436 e. The van der Waals surface area contributed by atoms with E-state index in [4.69, 9.17) is 4.74 Å². The minimum absolute atomic E-state index is 0.136. The molecule has 0 N–H and O–H groups in total. The van der Waals surface area contributed by atoms with Gasteiger partial charge in [-0.15, -0.1) is 0 Å². The third-order valence-electron chi connectivity index (χ3n) is 4.91. The number of halogens is 3. The summed E-state index contributed by atoms with van der Waals surface area (Å²) in [5.41, 5.74) is 1.79. The van der Waals surface area contributed by atoms with Crippen LogP contribution in [0.25, 0.3) is 11.3 Å². The smallest absolute Gasteiger partial charge is 0.291 e. The molecule has 0 saturated carbocycles. The van der Waals surface area contributed by atoms with Crippen LogP contribution < -0.4 is 4.74 Å². The second-order valence-electron chi connectivity index (χ2n) is 7.03. The first-order valence-corrected chi connectivity index (χ1v) is 9.55. The SMILES string of the molecule is CCCCN1Cn2c(nc(C)c2-c2ccc(Oc3ccc(F)c(F)n3)c(F)c2)C1=O. The van der Waals surface area contributed by atoms with Crippen molar-refractivity contribution in [2.75, 3.05) is 6.54 Å². The molecule has 0 spiro atoms. The first-order chi connectivity index (χ1) is 14.4. The molecule has 9 heteroatoms. The van der Waals surface area contributed by atoms with E-state index in [9.17, 15) is 18.0 Å².